The van der Waals surface area contributed by atoms with Gasteiger partial charge in [0.05, 0.1) is 5.69 Å². The molecule has 8 heteroatoms. The van der Waals surface area contributed by atoms with Crippen LogP contribution in [0.1, 0.15) is 27.2 Å². The van der Waals surface area contributed by atoms with Gasteiger partial charge in [-0.25, -0.2) is 0 Å². The Hall–Kier alpha value is -2.97. The van der Waals surface area contributed by atoms with Gasteiger partial charge in [0.2, 0.25) is 0 Å². The third-order valence-electron chi connectivity index (χ3n) is 5.59. The summed E-state index contributed by atoms with van der Waals surface area (Å²) in [5.74, 6) is 1.45. The molecule has 1 saturated heterocycles. The number of hydrogen-bond donors (Lipinski definition) is 1. The van der Waals surface area contributed by atoms with Gasteiger partial charge in [-0.05, 0) is 62.9 Å². The summed E-state index contributed by atoms with van der Waals surface area (Å²) in [6.07, 6.45) is 2.82. The van der Waals surface area contributed by atoms with Crippen LogP contribution in [0.3, 0.4) is 0 Å². The molecule has 0 spiro atoms. The topological polar surface area (TPSA) is 81.5 Å². The van der Waals surface area contributed by atoms with Crippen LogP contribution in [0, 0.1) is 0 Å². The first kappa shape index (κ1) is 22.2. The molecule has 3 heterocycles. The zero-order valence-corrected chi connectivity index (χ0v) is 19.4. The van der Waals surface area contributed by atoms with E-state index in [-0.39, 0.29) is 17.9 Å². The van der Waals surface area contributed by atoms with Crippen LogP contribution in [0.4, 0.5) is 5.82 Å². The van der Waals surface area contributed by atoms with Crippen LogP contribution in [0.5, 0.6) is 5.75 Å². The highest BCUT2D eigenvalue weighted by Crippen LogP contribution is 2.33. The van der Waals surface area contributed by atoms with Gasteiger partial charge < -0.3 is 24.3 Å². The molecule has 0 unspecified atom stereocenters. The van der Waals surface area contributed by atoms with Gasteiger partial charge in [0.25, 0.3) is 5.56 Å². The zero-order valence-electron chi connectivity index (χ0n) is 19.4. The summed E-state index contributed by atoms with van der Waals surface area (Å²) < 4.78 is 12.4. The lowest BCUT2D eigenvalue weighted by molar-refractivity contribution is 0.0516. The van der Waals surface area contributed by atoms with E-state index in [0.717, 1.165) is 30.7 Å². The highest BCUT2D eigenvalue weighted by Gasteiger charge is 2.27. The van der Waals surface area contributed by atoms with E-state index in [9.17, 15) is 4.79 Å². The molecule has 0 amide bonds. The molecule has 0 saturated carbocycles. The first-order chi connectivity index (χ1) is 15.2. The van der Waals surface area contributed by atoms with E-state index in [1.165, 1.54) is 0 Å². The Morgan fingerprint density at radius 3 is 2.69 bits per heavy atom. The zero-order chi connectivity index (χ0) is 22.9. The van der Waals surface area contributed by atoms with Crippen LogP contribution in [-0.2, 0) is 11.8 Å². The number of nitrogens with zero attached hydrogens (tertiary/aromatic N) is 4. The Balaban J connectivity index is 1.64. The fourth-order valence-electron chi connectivity index (χ4n) is 4.15. The molecule has 1 atom stereocenters. The van der Waals surface area contributed by atoms with Gasteiger partial charge >= 0.3 is 0 Å². The normalized spacial score (nSPS) is 16.7. The Bertz CT molecular complexity index is 1150. The van der Waals surface area contributed by atoms with E-state index in [4.69, 9.17) is 9.47 Å². The molecule has 1 aliphatic heterocycles. The van der Waals surface area contributed by atoms with E-state index in [2.05, 4.69) is 41.2 Å². The van der Waals surface area contributed by atoms with Crippen LogP contribution in [0.15, 0.2) is 41.3 Å². The van der Waals surface area contributed by atoms with Crippen LogP contribution in [0.25, 0.3) is 22.0 Å². The maximum atomic E-state index is 12.6. The molecule has 170 valence electrons. The number of rotatable bonds is 6. The number of aryl methyl sites for hydroxylation is 1. The summed E-state index contributed by atoms with van der Waals surface area (Å²) in [4.78, 5) is 14.9. The summed E-state index contributed by atoms with van der Waals surface area (Å²) in [7, 11) is 3.31. The second-order valence-corrected chi connectivity index (χ2v) is 9.32. The van der Waals surface area contributed by atoms with E-state index in [1.807, 2.05) is 30.3 Å². The Kier molecular flexibility index (Phi) is 6.17. The molecule has 1 aromatic carbocycles. The van der Waals surface area contributed by atoms with Crippen molar-refractivity contribution >= 4 is 16.6 Å². The number of methoxy groups -OCH3 is 1. The van der Waals surface area contributed by atoms with Crippen molar-refractivity contribution in [2.45, 2.75) is 38.8 Å². The number of aromatic nitrogens is 3. The fourth-order valence-corrected chi connectivity index (χ4v) is 4.15. The molecule has 1 aliphatic rings. The van der Waals surface area contributed by atoms with Crippen molar-refractivity contribution in [2.75, 3.05) is 31.9 Å². The summed E-state index contributed by atoms with van der Waals surface area (Å²) in [5.41, 5.74) is 1.38. The molecule has 1 fully saturated rings. The number of ether oxygens (including phenoxy) is 2. The van der Waals surface area contributed by atoms with Crippen LogP contribution in [-0.4, -0.2) is 53.3 Å². The molecular weight excluding hydrogens is 406 g/mol. The second kappa shape index (κ2) is 8.88. The first-order valence-corrected chi connectivity index (χ1v) is 10.9. The summed E-state index contributed by atoms with van der Waals surface area (Å²) in [6.45, 7) is 8.50. The SMILES string of the molecule is COCOc1cc2ccn(C)c(=O)c2cc1-c1ccc(N2CC[C@H](NC(C)(C)C)C2)nn1. The minimum absolute atomic E-state index is 0.0684. The molecule has 3 aromatic rings. The quantitative estimate of drug-likeness (QED) is 0.594. The van der Waals surface area contributed by atoms with E-state index in [1.54, 1.807) is 24.9 Å². The summed E-state index contributed by atoms with van der Waals surface area (Å²) in [6, 6.07) is 9.91. The van der Waals surface area contributed by atoms with Crippen molar-refractivity contribution in [2.24, 2.45) is 7.05 Å². The lowest BCUT2D eigenvalue weighted by Gasteiger charge is -2.26. The number of fused-ring (bicyclic) bond motifs is 1. The molecule has 0 aliphatic carbocycles. The first-order valence-electron chi connectivity index (χ1n) is 10.9. The second-order valence-electron chi connectivity index (χ2n) is 9.32. The van der Waals surface area contributed by atoms with Crippen molar-refractivity contribution < 1.29 is 9.47 Å². The fraction of sp³-hybridized carbons (Fsp3) is 0.458. The summed E-state index contributed by atoms with van der Waals surface area (Å²) >= 11 is 0. The molecule has 2 aromatic heterocycles. The number of nitrogens with one attached hydrogen (secondary N) is 1. The van der Waals surface area contributed by atoms with E-state index < -0.39 is 0 Å². The number of hydrogen-bond acceptors (Lipinski definition) is 7. The third-order valence-corrected chi connectivity index (χ3v) is 5.59. The van der Waals surface area contributed by atoms with Crippen LogP contribution in [0.2, 0.25) is 0 Å². The molecule has 4 rings (SSSR count). The van der Waals surface area contributed by atoms with Crippen molar-refractivity contribution in [1.29, 1.82) is 0 Å². The highest BCUT2D eigenvalue weighted by molar-refractivity contribution is 5.89. The van der Waals surface area contributed by atoms with Gasteiger partial charge in [0, 0.05) is 56.0 Å². The van der Waals surface area contributed by atoms with Crippen molar-refractivity contribution in [3.63, 3.8) is 0 Å². The lowest BCUT2D eigenvalue weighted by atomic mass is 10.0. The summed E-state index contributed by atoms with van der Waals surface area (Å²) in [5, 5.41) is 14.0. The molecular formula is C24H31N5O3. The predicted molar refractivity (Wildman–Crippen MR) is 126 cm³/mol. The standard InChI is InChI=1S/C24H31N5O3/c1-24(2,3)25-17-9-11-29(14-17)22-7-6-20(26-27-22)19-13-18-16(8-10-28(4)23(18)30)12-21(19)32-15-31-5/h6-8,10,12-13,17,25H,9,11,14-15H2,1-5H3/t17-/m0/s1. The molecule has 0 bridgehead atoms. The average molecular weight is 438 g/mol. The maximum absolute atomic E-state index is 12.6. The Morgan fingerprint density at radius 2 is 2.00 bits per heavy atom. The average Bonchev–Trinajstić information content (AvgIpc) is 3.21. The number of anilines is 1. The minimum Gasteiger partial charge on any atom is -0.467 e. The van der Waals surface area contributed by atoms with Crippen LogP contribution >= 0.6 is 0 Å². The van der Waals surface area contributed by atoms with Gasteiger partial charge in [-0.15, -0.1) is 10.2 Å². The number of pyridine rings is 1. The minimum atomic E-state index is -0.0684. The smallest absolute Gasteiger partial charge is 0.258 e. The molecule has 32 heavy (non-hydrogen) atoms. The van der Waals surface area contributed by atoms with Crippen LogP contribution < -0.4 is 20.5 Å². The van der Waals surface area contributed by atoms with Gasteiger partial charge in [-0.1, -0.05) is 0 Å². The molecule has 8 nitrogen and oxygen atoms in total. The van der Waals surface area contributed by atoms with Gasteiger partial charge in [0.1, 0.15) is 5.75 Å². The Morgan fingerprint density at radius 1 is 1.19 bits per heavy atom. The Labute approximate surface area is 188 Å². The van der Waals surface area contributed by atoms with E-state index >= 15 is 0 Å². The monoisotopic (exact) mass is 437 g/mol. The van der Waals surface area contributed by atoms with Gasteiger partial charge in [0.15, 0.2) is 12.6 Å². The van der Waals surface area contributed by atoms with E-state index in [0.29, 0.717) is 28.4 Å². The largest absolute Gasteiger partial charge is 0.467 e. The van der Waals surface area contributed by atoms with Crippen molar-refractivity contribution in [3.05, 3.63) is 46.9 Å². The lowest BCUT2D eigenvalue weighted by Crippen LogP contribution is -2.45. The third kappa shape index (κ3) is 4.76. The van der Waals surface area contributed by atoms with Gasteiger partial charge in [-0.3, -0.25) is 4.79 Å². The number of benzene rings is 1. The highest BCUT2D eigenvalue weighted by atomic mass is 16.7. The molecule has 0 radical (unpaired) electrons. The maximum Gasteiger partial charge on any atom is 0.258 e. The molecule has 1 N–H and O–H groups in total. The van der Waals surface area contributed by atoms with Crippen molar-refractivity contribution in [1.82, 2.24) is 20.1 Å². The van der Waals surface area contributed by atoms with Gasteiger partial charge in [-0.2, -0.15) is 0 Å². The predicted octanol–water partition coefficient (Wildman–Crippen LogP) is 2.95. The van der Waals surface area contributed by atoms with Crippen molar-refractivity contribution in [3.8, 4) is 17.0 Å².